The van der Waals surface area contributed by atoms with E-state index >= 15 is 0 Å². The Morgan fingerprint density at radius 3 is 1.97 bits per heavy atom. The minimum absolute atomic E-state index is 0.186. The van der Waals surface area contributed by atoms with Gasteiger partial charge in [-0.05, 0) is 57.6 Å². The molecule has 0 saturated carbocycles. The molecule has 0 spiro atoms. The number of allylic oxidation sites excluding steroid dienone is 2. The van der Waals surface area contributed by atoms with E-state index in [9.17, 15) is 4.79 Å². The van der Waals surface area contributed by atoms with Crippen LogP contribution in [-0.4, -0.2) is 19.0 Å². The Kier molecular flexibility index (Phi) is 15.7. The molecule has 1 amide bonds. The number of amides is 1. The molecule has 1 atom stereocenters. The number of nitrogens with zero attached hydrogens (tertiary/aromatic N) is 1. The second-order valence-corrected chi connectivity index (χ2v) is 8.71. The number of para-hydroxylation sites is 1. The number of carbonyl (C=O) groups excluding carboxylic acids is 1. The van der Waals surface area contributed by atoms with Crippen molar-refractivity contribution in [2.75, 3.05) is 18.0 Å². The molecule has 1 unspecified atom stereocenters. The molecule has 0 aromatic heterocycles. The predicted molar refractivity (Wildman–Crippen MR) is 137 cm³/mol. The van der Waals surface area contributed by atoms with Crippen LogP contribution in [-0.2, 0) is 4.79 Å². The number of rotatable bonds is 19. The van der Waals surface area contributed by atoms with Crippen molar-refractivity contribution in [2.45, 2.75) is 110 Å². The molecule has 1 aromatic rings. The molecule has 1 aromatic carbocycles. The van der Waals surface area contributed by atoms with Gasteiger partial charge in [-0.3, -0.25) is 4.79 Å². The Bertz CT molecular complexity index is 607. The van der Waals surface area contributed by atoms with Crippen LogP contribution in [0.5, 0.6) is 0 Å². The van der Waals surface area contributed by atoms with E-state index in [4.69, 9.17) is 5.73 Å². The zero-order valence-corrected chi connectivity index (χ0v) is 20.6. The first kappa shape index (κ1) is 27.3. The third kappa shape index (κ3) is 11.4. The van der Waals surface area contributed by atoms with E-state index in [-0.39, 0.29) is 11.8 Å². The zero-order valence-electron chi connectivity index (χ0n) is 20.6. The highest BCUT2D eigenvalue weighted by molar-refractivity contribution is 5.84. The van der Waals surface area contributed by atoms with E-state index in [0.717, 1.165) is 37.2 Å². The van der Waals surface area contributed by atoms with Crippen LogP contribution in [0, 0.1) is 0 Å². The third-order valence-corrected chi connectivity index (χ3v) is 6.26. The molecule has 3 nitrogen and oxygen atoms in total. The second kappa shape index (κ2) is 17.9. The van der Waals surface area contributed by atoms with Crippen LogP contribution in [0.2, 0.25) is 0 Å². The van der Waals surface area contributed by atoms with Crippen LogP contribution in [0.3, 0.4) is 0 Å². The van der Waals surface area contributed by atoms with E-state index in [2.05, 4.69) is 56.0 Å². The van der Waals surface area contributed by atoms with Gasteiger partial charge in [-0.25, -0.2) is 0 Å². The van der Waals surface area contributed by atoms with Gasteiger partial charge in [0.25, 0.3) is 0 Å². The maximum Gasteiger partial charge on any atom is 0.225 e. The fraction of sp³-hybridized carbons (Fsp3) is 0.679. The number of hydrogen-bond donors (Lipinski definition) is 1. The van der Waals surface area contributed by atoms with Gasteiger partial charge in [0.15, 0.2) is 0 Å². The Hall–Kier alpha value is -1.77. The highest BCUT2D eigenvalue weighted by Gasteiger charge is 2.22. The fourth-order valence-electron chi connectivity index (χ4n) is 4.33. The predicted octanol–water partition coefficient (Wildman–Crippen LogP) is 7.75. The summed E-state index contributed by atoms with van der Waals surface area (Å²) in [7, 11) is 0. The first-order chi connectivity index (χ1) is 15.2. The molecule has 0 saturated heterocycles. The summed E-state index contributed by atoms with van der Waals surface area (Å²) in [6, 6.07) is 8.28. The lowest BCUT2D eigenvalue weighted by Crippen LogP contribution is -2.27. The molecular formula is C28H48N2O. The van der Waals surface area contributed by atoms with Crippen molar-refractivity contribution < 1.29 is 4.79 Å². The van der Waals surface area contributed by atoms with E-state index in [0.29, 0.717) is 0 Å². The number of carbonyl (C=O) groups is 1. The van der Waals surface area contributed by atoms with Gasteiger partial charge in [0.1, 0.15) is 0 Å². The van der Waals surface area contributed by atoms with E-state index in [1.54, 1.807) is 0 Å². The average Bonchev–Trinajstić information content (AvgIpc) is 2.77. The monoisotopic (exact) mass is 428 g/mol. The Labute approximate surface area is 192 Å². The van der Waals surface area contributed by atoms with Gasteiger partial charge in [-0.2, -0.15) is 0 Å². The van der Waals surface area contributed by atoms with Gasteiger partial charge in [0, 0.05) is 18.8 Å². The molecule has 0 heterocycles. The highest BCUT2D eigenvalue weighted by Crippen LogP contribution is 2.31. The summed E-state index contributed by atoms with van der Waals surface area (Å²) < 4.78 is 0. The molecule has 176 valence electrons. The number of benzene rings is 1. The number of unbranched alkanes of at least 4 members (excludes halogenated alkanes) is 10. The topological polar surface area (TPSA) is 46.3 Å². The summed E-state index contributed by atoms with van der Waals surface area (Å²) in [6.07, 6.45) is 20.9. The van der Waals surface area contributed by atoms with Crippen molar-refractivity contribution >= 4 is 11.6 Å². The summed E-state index contributed by atoms with van der Waals surface area (Å²) in [5, 5.41) is 0. The van der Waals surface area contributed by atoms with E-state index in [1.807, 2.05) is 6.07 Å². The average molecular weight is 429 g/mol. The van der Waals surface area contributed by atoms with Crippen LogP contribution in [0.1, 0.15) is 116 Å². The van der Waals surface area contributed by atoms with Crippen molar-refractivity contribution in [1.29, 1.82) is 0 Å². The summed E-state index contributed by atoms with van der Waals surface area (Å²) >= 11 is 0. The molecule has 2 N–H and O–H groups in total. The summed E-state index contributed by atoms with van der Waals surface area (Å²) in [5.41, 5.74) is 8.06. The molecule has 0 aliphatic heterocycles. The molecule has 0 bridgehead atoms. The molecule has 31 heavy (non-hydrogen) atoms. The zero-order chi connectivity index (χ0) is 22.7. The number of nitrogens with two attached hydrogens (primary N) is 1. The standard InChI is InChI=1S/C28H48N2O/c1-4-7-8-9-10-11-12-13-14-15-16-17-18-19-23-26(28(29)31)25-22-20-21-24-27(25)30(5-2)6-3/h13-14,20-22,24,26H,4-12,15-19,23H2,1-3H3,(H2,29,31). The molecule has 0 aliphatic carbocycles. The molecule has 3 heteroatoms. The van der Waals surface area contributed by atoms with Crippen molar-refractivity contribution in [1.82, 2.24) is 0 Å². The van der Waals surface area contributed by atoms with Crippen molar-refractivity contribution in [3.05, 3.63) is 42.0 Å². The molecule has 0 aliphatic rings. The minimum atomic E-state index is -0.197. The van der Waals surface area contributed by atoms with E-state index < -0.39 is 0 Å². The number of primary amides is 1. The third-order valence-electron chi connectivity index (χ3n) is 6.26. The minimum Gasteiger partial charge on any atom is -0.372 e. The molecule has 0 radical (unpaired) electrons. The van der Waals surface area contributed by atoms with Crippen LogP contribution < -0.4 is 10.6 Å². The van der Waals surface area contributed by atoms with Crippen LogP contribution in [0.15, 0.2) is 36.4 Å². The maximum atomic E-state index is 12.2. The SMILES string of the molecule is CCCCCCCCC=CCCCCCCC(C(N)=O)c1ccccc1N(CC)CC. The van der Waals surface area contributed by atoms with Crippen LogP contribution in [0.25, 0.3) is 0 Å². The van der Waals surface area contributed by atoms with Gasteiger partial charge in [0.2, 0.25) is 5.91 Å². The van der Waals surface area contributed by atoms with Crippen molar-refractivity contribution in [3.63, 3.8) is 0 Å². The van der Waals surface area contributed by atoms with Gasteiger partial charge >= 0.3 is 0 Å². The first-order valence-electron chi connectivity index (χ1n) is 12.9. The van der Waals surface area contributed by atoms with Gasteiger partial charge in [-0.1, -0.05) is 88.6 Å². The largest absolute Gasteiger partial charge is 0.372 e. The summed E-state index contributed by atoms with van der Waals surface area (Å²) in [6.45, 7) is 8.45. The fourth-order valence-corrected chi connectivity index (χ4v) is 4.33. The number of hydrogen-bond acceptors (Lipinski definition) is 2. The Balaban J connectivity index is 2.28. The lowest BCUT2D eigenvalue weighted by atomic mass is 9.90. The Morgan fingerprint density at radius 2 is 1.39 bits per heavy atom. The normalized spacial score (nSPS) is 12.4. The lowest BCUT2D eigenvalue weighted by molar-refractivity contribution is -0.119. The molecular weight excluding hydrogens is 380 g/mol. The quantitative estimate of drug-likeness (QED) is 0.181. The molecule has 1 rings (SSSR count). The van der Waals surface area contributed by atoms with Crippen LogP contribution >= 0.6 is 0 Å². The summed E-state index contributed by atoms with van der Waals surface area (Å²) in [5.74, 6) is -0.383. The van der Waals surface area contributed by atoms with Crippen molar-refractivity contribution in [3.8, 4) is 0 Å². The van der Waals surface area contributed by atoms with Crippen LogP contribution in [0.4, 0.5) is 5.69 Å². The first-order valence-corrected chi connectivity index (χ1v) is 12.9. The summed E-state index contributed by atoms with van der Waals surface area (Å²) in [4.78, 5) is 14.5. The smallest absolute Gasteiger partial charge is 0.225 e. The van der Waals surface area contributed by atoms with E-state index in [1.165, 1.54) is 70.6 Å². The van der Waals surface area contributed by atoms with Gasteiger partial charge in [-0.15, -0.1) is 0 Å². The maximum absolute atomic E-state index is 12.2. The van der Waals surface area contributed by atoms with Crippen molar-refractivity contribution in [2.24, 2.45) is 5.73 Å². The Morgan fingerprint density at radius 1 is 0.839 bits per heavy atom. The van der Waals surface area contributed by atoms with Gasteiger partial charge < -0.3 is 10.6 Å². The molecule has 0 fully saturated rings. The highest BCUT2D eigenvalue weighted by atomic mass is 16.1. The lowest BCUT2D eigenvalue weighted by Gasteiger charge is -2.27. The second-order valence-electron chi connectivity index (χ2n) is 8.71. The number of anilines is 1. The van der Waals surface area contributed by atoms with Gasteiger partial charge in [0.05, 0.1) is 5.92 Å².